The maximum atomic E-state index is 5.66. The molecule has 1 heterocycles. The second kappa shape index (κ2) is 7.66. The molecule has 14 heavy (non-hydrogen) atoms. The standard InChI is InChI=1S/C11H21BrO2/c1-2-10(7-12)8-13-9-11-5-3-4-6-14-11/h10-11H,2-9H2,1H3. The Morgan fingerprint density at radius 3 is 2.93 bits per heavy atom. The van der Waals surface area contributed by atoms with Crippen LogP contribution in [-0.2, 0) is 9.47 Å². The second-order valence-corrected chi connectivity index (χ2v) is 4.60. The predicted octanol–water partition coefficient (Wildman–Crippen LogP) is 2.99. The van der Waals surface area contributed by atoms with Gasteiger partial charge in [-0.15, -0.1) is 0 Å². The maximum absolute atomic E-state index is 5.66. The van der Waals surface area contributed by atoms with Gasteiger partial charge < -0.3 is 9.47 Å². The van der Waals surface area contributed by atoms with Crippen LogP contribution in [0.5, 0.6) is 0 Å². The van der Waals surface area contributed by atoms with Gasteiger partial charge >= 0.3 is 0 Å². The first-order chi connectivity index (χ1) is 6.86. The van der Waals surface area contributed by atoms with Crippen LogP contribution in [-0.4, -0.2) is 31.3 Å². The quantitative estimate of drug-likeness (QED) is 0.687. The van der Waals surface area contributed by atoms with Crippen molar-refractivity contribution in [3.8, 4) is 0 Å². The molecule has 2 nitrogen and oxygen atoms in total. The van der Waals surface area contributed by atoms with Crippen molar-refractivity contribution in [2.24, 2.45) is 5.92 Å². The van der Waals surface area contributed by atoms with Gasteiger partial charge in [-0.3, -0.25) is 0 Å². The van der Waals surface area contributed by atoms with Crippen molar-refractivity contribution in [3.05, 3.63) is 0 Å². The normalized spacial score (nSPS) is 24.9. The highest BCUT2D eigenvalue weighted by Crippen LogP contribution is 2.14. The van der Waals surface area contributed by atoms with Gasteiger partial charge in [0.05, 0.1) is 19.3 Å². The fourth-order valence-electron chi connectivity index (χ4n) is 1.58. The summed E-state index contributed by atoms with van der Waals surface area (Å²) in [6.45, 7) is 4.77. The summed E-state index contributed by atoms with van der Waals surface area (Å²) >= 11 is 3.49. The Labute approximate surface area is 95.5 Å². The summed E-state index contributed by atoms with van der Waals surface area (Å²) in [5.41, 5.74) is 0. The average molecular weight is 265 g/mol. The molecule has 3 heteroatoms. The van der Waals surface area contributed by atoms with Crippen LogP contribution >= 0.6 is 15.9 Å². The Hall–Kier alpha value is 0.400. The molecule has 1 aliphatic rings. The Balaban J connectivity index is 2.01. The minimum absolute atomic E-state index is 0.358. The zero-order valence-electron chi connectivity index (χ0n) is 9.01. The summed E-state index contributed by atoms with van der Waals surface area (Å²) in [5.74, 6) is 0.651. The first-order valence-corrected chi connectivity index (χ1v) is 6.74. The zero-order valence-corrected chi connectivity index (χ0v) is 10.6. The molecule has 2 unspecified atom stereocenters. The van der Waals surface area contributed by atoms with Gasteiger partial charge in [0.15, 0.2) is 0 Å². The highest BCUT2D eigenvalue weighted by atomic mass is 79.9. The van der Waals surface area contributed by atoms with Crippen LogP contribution in [0.15, 0.2) is 0 Å². The van der Waals surface area contributed by atoms with Gasteiger partial charge in [0.2, 0.25) is 0 Å². The van der Waals surface area contributed by atoms with Crippen molar-refractivity contribution < 1.29 is 9.47 Å². The molecular formula is C11H21BrO2. The van der Waals surface area contributed by atoms with E-state index in [2.05, 4.69) is 22.9 Å². The Bertz CT molecular complexity index is 131. The Morgan fingerprint density at radius 1 is 1.50 bits per heavy atom. The lowest BCUT2D eigenvalue weighted by Crippen LogP contribution is -2.25. The van der Waals surface area contributed by atoms with Crippen molar-refractivity contribution in [1.82, 2.24) is 0 Å². The molecule has 0 aromatic carbocycles. The zero-order chi connectivity index (χ0) is 10.2. The molecule has 1 aliphatic heterocycles. The fourth-order valence-corrected chi connectivity index (χ4v) is 2.22. The molecule has 0 amide bonds. The molecule has 0 aliphatic carbocycles. The first kappa shape index (κ1) is 12.5. The number of hydrogen-bond donors (Lipinski definition) is 0. The first-order valence-electron chi connectivity index (χ1n) is 5.62. The van der Waals surface area contributed by atoms with Crippen LogP contribution in [0.3, 0.4) is 0 Å². The number of rotatable bonds is 6. The number of halogens is 1. The smallest absolute Gasteiger partial charge is 0.0808 e. The number of hydrogen-bond acceptors (Lipinski definition) is 2. The summed E-state index contributed by atoms with van der Waals surface area (Å²) in [5, 5.41) is 1.04. The van der Waals surface area contributed by atoms with E-state index in [0.29, 0.717) is 12.0 Å². The lowest BCUT2D eigenvalue weighted by Gasteiger charge is -2.23. The van der Waals surface area contributed by atoms with Crippen LogP contribution in [0.25, 0.3) is 0 Å². The van der Waals surface area contributed by atoms with E-state index in [4.69, 9.17) is 9.47 Å². The third-order valence-corrected chi connectivity index (χ3v) is 3.64. The summed E-state index contributed by atoms with van der Waals surface area (Å²) in [4.78, 5) is 0. The molecule has 0 saturated carbocycles. The van der Waals surface area contributed by atoms with Crippen molar-refractivity contribution in [3.63, 3.8) is 0 Å². The summed E-state index contributed by atoms with van der Waals surface area (Å²) in [6, 6.07) is 0. The van der Waals surface area contributed by atoms with E-state index in [0.717, 1.165) is 25.2 Å². The van der Waals surface area contributed by atoms with Crippen molar-refractivity contribution in [1.29, 1.82) is 0 Å². The molecular weight excluding hydrogens is 244 g/mol. The van der Waals surface area contributed by atoms with E-state index in [9.17, 15) is 0 Å². The monoisotopic (exact) mass is 264 g/mol. The van der Waals surface area contributed by atoms with Crippen molar-refractivity contribution in [2.45, 2.75) is 38.7 Å². The molecule has 84 valence electrons. The van der Waals surface area contributed by atoms with Crippen LogP contribution in [0.2, 0.25) is 0 Å². The lowest BCUT2D eigenvalue weighted by atomic mass is 10.1. The molecule has 0 aromatic heterocycles. The average Bonchev–Trinajstić information content (AvgIpc) is 2.26. The number of ether oxygens (including phenoxy) is 2. The predicted molar refractivity (Wildman–Crippen MR) is 62.0 cm³/mol. The Kier molecular flexibility index (Phi) is 6.82. The minimum atomic E-state index is 0.358. The largest absolute Gasteiger partial charge is 0.378 e. The van der Waals surface area contributed by atoms with E-state index in [1.807, 2.05) is 0 Å². The van der Waals surface area contributed by atoms with Gasteiger partial charge in [-0.05, 0) is 25.2 Å². The molecule has 0 bridgehead atoms. The molecule has 0 spiro atoms. The van der Waals surface area contributed by atoms with Gasteiger partial charge in [0, 0.05) is 11.9 Å². The molecule has 0 N–H and O–H groups in total. The topological polar surface area (TPSA) is 18.5 Å². The number of alkyl halides is 1. The molecule has 0 radical (unpaired) electrons. The maximum Gasteiger partial charge on any atom is 0.0808 e. The van der Waals surface area contributed by atoms with Crippen LogP contribution in [0.1, 0.15) is 32.6 Å². The van der Waals surface area contributed by atoms with Crippen molar-refractivity contribution in [2.75, 3.05) is 25.2 Å². The summed E-state index contributed by atoms with van der Waals surface area (Å²) in [7, 11) is 0. The summed E-state index contributed by atoms with van der Waals surface area (Å²) < 4.78 is 11.3. The molecule has 1 fully saturated rings. The minimum Gasteiger partial charge on any atom is -0.378 e. The fraction of sp³-hybridized carbons (Fsp3) is 1.00. The lowest BCUT2D eigenvalue weighted by molar-refractivity contribution is -0.0457. The van der Waals surface area contributed by atoms with Crippen LogP contribution in [0.4, 0.5) is 0 Å². The van der Waals surface area contributed by atoms with Crippen LogP contribution < -0.4 is 0 Å². The molecule has 0 aromatic rings. The summed E-state index contributed by atoms with van der Waals surface area (Å²) in [6.07, 6.45) is 5.22. The van der Waals surface area contributed by atoms with Crippen molar-refractivity contribution >= 4 is 15.9 Å². The van der Waals surface area contributed by atoms with Gasteiger partial charge in [-0.25, -0.2) is 0 Å². The van der Waals surface area contributed by atoms with Gasteiger partial charge in [-0.1, -0.05) is 29.3 Å². The van der Waals surface area contributed by atoms with E-state index in [-0.39, 0.29) is 0 Å². The van der Waals surface area contributed by atoms with E-state index >= 15 is 0 Å². The molecule has 2 atom stereocenters. The van der Waals surface area contributed by atoms with E-state index in [1.54, 1.807) is 0 Å². The third-order valence-electron chi connectivity index (χ3n) is 2.73. The van der Waals surface area contributed by atoms with E-state index in [1.165, 1.54) is 25.7 Å². The van der Waals surface area contributed by atoms with Gasteiger partial charge in [0.1, 0.15) is 0 Å². The highest BCUT2D eigenvalue weighted by Gasteiger charge is 2.14. The van der Waals surface area contributed by atoms with Crippen LogP contribution in [0, 0.1) is 5.92 Å². The third kappa shape index (κ3) is 4.76. The van der Waals surface area contributed by atoms with Gasteiger partial charge in [0.25, 0.3) is 0 Å². The molecule has 1 rings (SSSR count). The van der Waals surface area contributed by atoms with E-state index < -0.39 is 0 Å². The highest BCUT2D eigenvalue weighted by molar-refractivity contribution is 9.09. The SMILES string of the molecule is CCC(CBr)COCC1CCCCO1. The van der Waals surface area contributed by atoms with Gasteiger partial charge in [-0.2, -0.15) is 0 Å². The Morgan fingerprint density at radius 2 is 2.36 bits per heavy atom. The second-order valence-electron chi connectivity index (χ2n) is 3.95. The molecule has 1 saturated heterocycles.